The molecule has 0 aromatic heterocycles. The summed E-state index contributed by atoms with van der Waals surface area (Å²) >= 11 is 0. The van der Waals surface area contributed by atoms with Gasteiger partial charge in [-0.3, -0.25) is 0 Å². The van der Waals surface area contributed by atoms with Crippen LogP contribution in [0.25, 0.3) is 12.2 Å². The van der Waals surface area contributed by atoms with Gasteiger partial charge in [0.05, 0.1) is 21.3 Å². The first-order valence-corrected chi connectivity index (χ1v) is 8.03. The summed E-state index contributed by atoms with van der Waals surface area (Å²) in [6, 6.07) is 12.2. The maximum Gasteiger partial charge on any atom is 0.336 e. The van der Waals surface area contributed by atoms with Gasteiger partial charge in [0.2, 0.25) is 0 Å². The fraction of sp³-hybridized carbons (Fsp3) is 0.143. The first-order chi connectivity index (χ1) is 13.0. The van der Waals surface area contributed by atoms with E-state index in [0.717, 1.165) is 11.3 Å². The summed E-state index contributed by atoms with van der Waals surface area (Å²) in [5.41, 5.74) is 1.54. The molecule has 6 nitrogen and oxygen atoms in total. The number of methoxy groups -OCH3 is 3. The smallest absolute Gasteiger partial charge is 0.336 e. The van der Waals surface area contributed by atoms with Crippen molar-refractivity contribution in [3.05, 3.63) is 65.7 Å². The van der Waals surface area contributed by atoms with E-state index in [0.29, 0.717) is 11.3 Å². The molecule has 0 saturated heterocycles. The van der Waals surface area contributed by atoms with Crippen molar-refractivity contribution in [2.24, 2.45) is 0 Å². The quantitative estimate of drug-likeness (QED) is 0.423. The Balaban J connectivity index is 2.06. The molecule has 2 aromatic rings. The summed E-state index contributed by atoms with van der Waals surface area (Å²) in [4.78, 5) is 23.2. The van der Waals surface area contributed by atoms with Crippen molar-refractivity contribution >= 4 is 24.1 Å². The molecule has 0 heterocycles. The van der Waals surface area contributed by atoms with Crippen LogP contribution in [0.1, 0.15) is 11.1 Å². The number of benzene rings is 2. The van der Waals surface area contributed by atoms with E-state index in [2.05, 4.69) is 4.74 Å². The normalized spacial score (nSPS) is 10.8. The summed E-state index contributed by atoms with van der Waals surface area (Å²) in [5.74, 6) is 0.376. The Morgan fingerprint density at radius 2 is 1.37 bits per heavy atom. The van der Waals surface area contributed by atoms with Crippen LogP contribution in [0.15, 0.2) is 54.6 Å². The number of ether oxygens (including phenoxy) is 4. The fourth-order valence-corrected chi connectivity index (χ4v) is 2.13. The molecule has 0 amide bonds. The Morgan fingerprint density at radius 1 is 0.741 bits per heavy atom. The largest absolute Gasteiger partial charge is 0.497 e. The minimum atomic E-state index is -0.540. The van der Waals surface area contributed by atoms with Crippen LogP contribution in [0, 0.1) is 0 Å². The van der Waals surface area contributed by atoms with Gasteiger partial charge in [-0.25, -0.2) is 9.59 Å². The number of rotatable bonds is 7. The second-order valence-corrected chi connectivity index (χ2v) is 5.29. The first-order valence-electron chi connectivity index (χ1n) is 8.03. The monoisotopic (exact) mass is 368 g/mol. The lowest BCUT2D eigenvalue weighted by Gasteiger charge is -2.08. The maximum absolute atomic E-state index is 12.1. The summed E-state index contributed by atoms with van der Waals surface area (Å²) in [7, 11) is 4.36. The SMILES string of the molecule is COC(=O)/C=C/c1ccc(OC(=O)/C=C/c2ccc(OC)cc2)c(OC)c1. The van der Waals surface area contributed by atoms with Crippen LogP contribution >= 0.6 is 0 Å². The zero-order chi connectivity index (χ0) is 19.6. The van der Waals surface area contributed by atoms with Crippen LogP contribution in [-0.4, -0.2) is 33.3 Å². The topological polar surface area (TPSA) is 71.1 Å². The molecule has 0 spiro atoms. The van der Waals surface area contributed by atoms with E-state index < -0.39 is 11.9 Å². The van der Waals surface area contributed by atoms with Crippen LogP contribution in [0.4, 0.5) is 0 Å². The molecule has 2 aromatic carbocycles. The average Bonchev–Trinajstić information content (AvgIpc) is 2.71. The van der Waals surface area contributed by atoms with Gasteiger partial charge in [0.25, 0.3) is 0 Å². The molecule has 0 fully saturated rings. The zero-order valence-corrected chi connectivity index (χ0v) is 15.3. The predicted octanol–water partition coefficient (Wildman–Crippen LogP) is 3.51. The van der Waals surface area contributed by atoms with E-state index in [1.54, 1.807) is 49.6 Å². The molecule has 6 heteroatoms. The first kappa shape index (κ1) is 19.8. The average molecular weight is 368 g/mol. The third-order valence-corrected chi connectivity index (χ3v) is 3.54. The highest BCUT2D eigenvalue weighted by Gasteiger charge is 2.08. The molecule has 0 aliphatic heterocycles. The van der Waals surface area contributed by atoms with Gasteiger partial charge in [-0.2, -0.15) is 0 Å². The highest BCUT2D eigenvalue weighted by atomic mass is 16.6. The zero-order valence-electron chi connectivity index (χ0n) is 15.3. The van der Waals surface area contributed by atoms with Gasteiger partial charge in [0.1, 0.15) is 5.75 Å². The summed E-state index contributed by atoms with van der Waals surface area (Å²) in [6.45, 7) is 0. The molecule has 27 heavy (non-hydrogen) atoms. The van der Waals surface area contributed by atoms with Crippen LogP contribution < -0.4 is 14.2 Å². The Labute approximate surface area is 157 Å². The van der Waals surface area contributed by atoms with E-state index in [9.17, 15) is 9.59 Å². The lowest BCUT2D eigenvalue weighted by atomic mass is 10.2. The van der Waals surface area contributed by atoms with Gasteiger partial charge in [0.15, 0.2) is 11.5 Å². The third kappa shape index (κ3) is 6.04. The lowest BCUT2D eigenvalue weighted by Crippen LogP contribution is -2.05. The van der Waals surface area contributed by atoms with Gasteiger partial charge >= 0.3 is 11.9 Å². The number of hydrogen-bond donors (Lipinski definition) is 0. The van der Waals surface area contributed by atoms with Crippen molar-refractivity contribution in [1.29, 1.82) is 0 Å². The summed E-state index contributed by atoms with van der Waals surface area (Å²) < 4.78 is 20.2. The number of carbonyl (C=O) groups excluding carboxylic acids is 2. The van der Waals surface area contributed by atoms with Crippen molar-refractivity contribution in [3.63, 3.8) is 0 Å². The minimum absolute atomic E-state index is 0.275. The second-order valence-electron chi connectivity index (χ2n) is 5.29. The number of esters is 2. The number of hydrogen-bond acceptors (Lipinski definition) is 6. The Bertz CT molecular complexity index is 849. The molecule has 0 unspecified atom stereocenters. The van der Waals surface area contributed by atoms with Crippen LogP contribution in [0.3, 0.4) is 0 Å². The predicted molar refractivity (Wildman–Crippen MR) is 102 cm³/mol. The van der Waals surface area contributed by atoms with Crippen molar-refractivity contribution in [2.45, 2.75) is 0 Å². The lowest BCUT2D eigenvalue weighted by molar-refractivity contribution is -0.134. The van der Waals surface area contributed by atoms with Crippen molar-refractivity contribution in [2.75, 3.05) is 21.3 Å². The van der Waals surface area contributed by atoms with Gasteiger partial charge in [-0.15, -0.1) is 0 Å². The van der Waals surface area contributed by atoms with Gasteiger partial charge in [0, 0.05) is 12.2 Å². The fourth-order valence-electron chi connectivity index (χ4n) is 2.13. The molecule has 0 aliphatic carbocycles. The molecule has 0 radical (unpaired) electrons. The highest BCUT2D eigenvalue weighted by Crippen LogP contribution is 2.29. The molecule has 0 N–H and O–H groups in total. The van der Waals surface area contributed by atoms with Crippen LogP contribution in [-0.2, 0) is 14.3 Å². The summed E-state index contributed by atoms with van der Waals surface area (Å²) in [6.07, 6.45) is 5.83. The Hall–Kier alpha value is -3.54. The van der Waals surface area contributed by atoms with E-state index in [1.165, 1.54) is 26.4 Å². The van der Waals surface area contributed by atoms with Crippen LogP contribution in [0.5, 0.6) is 17.2 Å². The van der Waals surface area contributed by atoms with Crippen LogP contribution in [0.2, 0.25) is 0 Å². The highest BCUT2D eigenvalue weighted by molar-refractivity contribution is 5.89. The molecular formula is C21H20O6. The van der Waals surface area contributed by atoms with E-state index in [1.807, 2.05) is 12.1 Å². The summed E-state index contributed by atoms with van der Waals surface area (Å²) in [5, 5.41) is 0. The molecular weight excluding hydrogens is 348 g/mol. The third-order valence-electron chi connectivity index (χ3n) is 3.54. The Morgan fingerprint density at radius 3 is 2.00 bits per heavy atom. The molecule has 140 valence electrons. The Kier molecular flexibility index (Phi) is 7.19. The van der Waals surface area contributed by atoms with E-state index >= 15 is 0 Å². The molecule has 0 bridgehead atoms. The maximum atomic E-state index is 12.1. The van der Waals surface area contributed by atoms with Crippen molar-refractivity contribution in [3.8, 4) is 17.2 Å². The molecule has 2 rings (SSSR count). The van der Waals surface area contributed by atoms with Gasteiger partial charge in [-0.1, -0.05) is 18.2 Å². The van der Waals surface area contributed by atoms with Gasteiger partial charge in [-0.05, 0) is 47.5 Å². The van der Waals surface area contributed by atoms with Crippen molar-refractivity contribution < 1.29 is 28.5 Å². The second kappa shape index (κ2) is 9.82. The molecule has 0 aliphatic rings. The molecule has 0 saturated carbocycles. The number of carbonyl (C=O) groups is 2. The molecule has 0 atom stereocenters. The van der Waals surface area contributed by atoms with E-state index in [-0.39, 0.29) is 5.75 Å². The standard InChI is InChI=1S/C21H20O6/c1-24-17-9-4-15(5-10-17)7-13-21(23)27-18-11-6-16(14-19(18)25-2)8-12-20(22)26-3/h4-14H,1-3H3/b12-8+,13-7+. The van der Waals surface area contributed by atoms with Crippen molar-refractivity contribution in [1.82, 2.24) is 0 Å². The van der Waals surface area contributed by atoms with Gasteiger partial charge < -0.3 is 18.9 Å². The van der Waals surface area contributed by atoms with E-state index in [4.69, 9.17) is 14.2 Å². The minimum Gasteiger partial charge on any atom is -0.497 e.